The van der Waals surface area contributed by atoms with Crippen molar-refractivity contribution >= 4 is 15.7 Å². The minimum absolute atomic E-state index is 0.0299. The van der Waals surface area contributed by atoms with Gasteiger partial charge in [-0.3, -0.25) is 10.1 Å². The lowest BCUT2D eigenvalue weighted by Gasteiger charge is -2.31. The molecule has 1 aliphatic heterocycles. The van der Waals surface area contributed by atoms with Crippen molar-refractivity contribution in [1.29, 1.82) is 0 Å². The van der Waals surface area contributed by atoms with E-state index in [1.165, 1.54) is 6.26 Å². The smallest absolute Gasteiger partial charge is 0.241 e. The number of carbonyl (C=O) groups excluding carboxylic acids is 1. The van der Waals surface area contributed by atoms with Gasteiger partial charge in [-0.2, -0.15) is 0 Å². The van der Waals surface area contributed by atoms with E-state index in [1.807, 2.05) is 6.92 Å². The molecule has 1 amide bonds. The standard InChI is InChI=1S/C14H28N2O3S/c1-7-12-15-11(8-10(2)3)13(17)16(12)9-14(4,5)20(6,18)19/h10-12,15H,7-9H2,1-6H3. The molecule has 0 aromatic carbocycles. The molecule has 0 aromatic rings. The molecular formula is C14H28N2O3S. The summed E-state index contributed by atoms with van der Waals surface area (Å²) in [7, 11) is -3.21. The SMILES string of the molecule is CCC1NC(CC(C)C)C(=O)N1CC(C)(C)S(C)(=O)=O. The van der Waals surface area contributed by atoms with Crippen LogP contribution in [0.2, 0.25) is 0 Å². The van der Waals surface area contributed by atoms with Crippen LogP contribution in [0.1, 0.15) is 47.5 Å². The number of hydrogen-bond acceptors (Lipinski definition) is 4. The van der Waals surface area contributed by atoms with Crippen molar-refractivity contribution < 1.29 is 13.2 Å². The number of rotatable bonds is 6. The number of nitrogens with one attached hydrogen (secondary N) is 1. The highest BCUT2D eigenvalue weighted by molar-refractivity contribution is 7.92. The monoisotopic (exact) mass is 304 g/mol. The lowest BCUT2D eigenvalue weighted by atomic mass is 10.0. The highest BCUT2D eigenvalue weighted by atomic mass is 32.2. The maximum atomic E-state index is 12.5. The second-order valence-corrected chi connectivity index (χ2v) is 9.42. The molecule has 1 heterocycles. The van der Waals surface area contributed by atoms with Gasteiger partial charge < -0.3 is 4.90 Å². The Balaban J connectivity index is 2.90. The number of sulfone groups is 1. The fourth-order valence-corrected chi connectivity index (χ4v) is 2.81. The third-order valence-corrected chi connectivity index (χ3v) is 6.14. The first kappa shape index (κ1) is 17.4. The molecule has 0 spiro atoms. The predicted octanol–water partition coefficient (Wildman–Crippen LogP) is 1.39. The summed E-state index contributed by atoms with van der Waals surface area (Å²) in [4.78, 5) is 14.2. The van der Waals surface area contributed by atoms with E-state index < -0.39 is 14.6 Å². The van der Waals surface area contributed by atoms with Gasteiger partial charge in [0.25, 0.3) is 0 Å². The number of amides is 1. The maximum Gasteiger partial charge on any atom is 0.241 e. The summed E-state index contributed by atoms with van der Waals surface area (Å²) in [6.07, 6.45) is 2.73. The van der Waals surface area contributed by atoms with Crippen LogP contribution < -0.4 is 5.32 Å². The molecule has 0 aromatic heterocycles. The molecule has 1 aliphatic rings. The average molecular weight is 304 g/mol. The van der Waals surface area contributed by atoms with Gasteiger partial charge >= 0.3 is 0 Å². The largest absolute Gasteiger partial charge is 0.324 e. The molecule has 0 aliphatic carbocycles. The molecule has 5 nitrogen and oxygen atoms in total. The van der Waals surface area contributed by atoms with Crippen molar-refractivity contribution in [1.82, 2.24) is 10.2 Å². The van der Waals surface area contributed by atoms with Crippen LogP contribution in [0.3, 0.4) is 0 Å². The van der Waals surface area contributed by atoms with Crippen LogP contribution in [0.5, 0.6) is 0 Å². The third-order valence-electron chi connectivity index (χ3n) is 4.00. The number of carbonyl (C=O) groups is 1. The van der Waals surface area contributed by atoms with E-state index >= 15 is 0 Å². The van der Waals surface area contributed by atoms with Crippen molar-refractivity contribution in [2.75, 3.05) is 12.8 Å². The van der Waals surface area contributed by atoms with E-state index in [9.17, 15) is 13.2 Å². The first-order valence-electron chi connectivity index (χ1n) is 7.25. The molecule has 118 valence electrons. The Bertz CT molecular complexity index is 457. The second kappa shape index (κ2) is 6.02. The van der Waals surface area contributed by atoms with Gasteiger partial charge in [0.05, 0.1) is 17.0 Å². The van der Waals surface area contributed by atoms with Crippen molar-refractivity contribution in [3.8, 4) is 0 Å². The normalized spacial score (nSPS) is 24.8. The average Bonchev–Trinajstić information content (AvgIpc) is 2.54. The molecule has 6 heteroatoms. The summed E-state index contributed by atoms with van der Waals surface area (Å²) in [6.45, 7) is 9.77. The predicted molar refractivity (Wildman–Crippen MR) is 81.1 cm³/mol. The number of nitrogens with zero attached hydrogens (tertiary/aromatic N) is 1. The summed E-state index contributed by atoms with van der Waals surface area (Å²) < 4.78 is 22.8. The third kappa shape index (κ3) is 3.73. The van der Waals surface area contributed by atoms with E-state index in [2.05, 4.69) is 19.2 Å². The summed E-state index contributed by atoms with van der Waals surface area (Å²) in [5.41, 5.74) is 0. The van der Waals surface area contributed by atoms with Crippen molar-refractivity contribution in [2.24, 2.45) is 5.92 Å². The molecule has 1 rings (SSSR count). The minimum atomic E-state index is -3.21. The van der Waals surface area contributed by atoms with E-state index in [0.29, 0.717) is 5.92 Å². The van der Waals surface area contributed by atoms with Gasteiger partial charge in [-0.05, 0) is 32.6 Å². The van der Waals surface area contributed by atoms with Gasteiger partial charge in [0.1, 0.15) is 0 Å². The van der Waals surface area contributed by atoms with E-state index in [-0.39, 0.29) is 24.7 Å². The van der Waals surface area contributed by atoms with Gasteiger partial charge in [0.15, 0.2) is 9.84 Å². The van der Waals surface area contributed by atoms with Gasteiger partial charge in [-0.25, -0.2) is 8.42 Å². The quantitative estimate of drug-likeness (QED) is 0.805. The molecule has 2 unspecified atom stereocenters. The Kier molecular flexibility index (Phi) is 5.24. The minimum Gasteiger partial charge on any atom is -0.324 e. The van der Waals surface area contributed by atoms with Crippen molar-refractivity contribution in [3.63, 3.8) is 0 Å². The molecule has 2 atom stereocenters. The van der Waals surface area contributed by atoms with Crippen molar-refractivity contribution in [2.45, 2.75) is 64.4 Å². The van der Waals surface area contributed by atoms with Crippen molar-refractivity contribution in [3.05, 3.63) is 0 Å². The van der Waals surface area contributed by atoms with Gasteiger partial charge in [0.2, 0.25) is 5.91 Å². The molecule has 0 radical (unpaired) electrons. The van der Waals surface area contributed by atoms with Crippen LogP contribution in [-0.2, 0) is 14.6 Å². The highest BCUT2D eigenvalue weighted by Gasteiger charge is 2.43. The zero-order valence-corrected chi connectivity index (χ0v) is 14.3. The fraction of sp³-hybridized carbons (Fsp3) is 0.929. The molecule has 1 fully saturated rings. The first-order chi connectivity index (χ1) is 8.99. The molecular weight excluding hydrogens is 276 g/mol. The van der Waals surface area contributed by atoms with E-state index in [4.69, 9.17) is 0 Å². The van der Waals surface area contributed by atoms with Crippen LogP contribution in [-0.4, -0.2) is 49.0 Å². The second-order valence-electron chi connectivity index (χ2n) is 6.77. The fourth-order valence-electron chi connectivity index (χ4n) is 2.44. The summed E-state index contributed by atoms with van der Waals surface area (Å²) >= 11 is 0. The lowest BCUT2D eigenvalue weighted by molar-refractivity contribution is -0.130. The highest BCUT2D eigenvalue weighted by Crippen LogP contribution is 2.24. The van der Waals surface area contributed by atoms with Crippen LogP contribution in [0.4, 0.5) is 0 Å². The molecule has 20 heavy (non-hydrogen) atoms. The zero-order chi connectivity index (χ0) is 15.7. The first-order valence-corrected chi connectivity index (χ1v) is 9.15. The van der Waals surface area contributed by atoms with E-state index in [0.717, 1.165) is 12.8 Å². The van der Waals surface area contributed by atoms with Gasteiger partial charge in [-0.1, -0.05) is 20.8 Å². The van der Waals surface area contributed by atoms with Crippen LogP contribution in [0, 0.1) is 5.92 Å². The summed E-state index contributed by atoms with van der Waals surface area (Å²) in [6, 6.07) is -0.185. The molecule has 1 N–H and O–H groups in total. The molecule has 0 saturated carbocycles. The topological polar surface area (TPSA) is 66.5 Å². The Morgan fingerprint density at radius 1 is 1.35 bits per heavy atom. The summed E-state index contributed by atoms with van der Waals surface area (Å²) in [5, 5.41) is 3.33. The van der Waals surface area contributed by atoms with Gasteiger partial charge in [0, 0.05) is 12.8 Å². The zero-order valence-electron chi connectivity index (χ0n) is 13.4. The van der Waals surface area contributed by atoms with Crippen LogP contribution >= 0.6 is 0 Å². The van der Waals surface area contributed by atoms with Crippen LogP contribution in [0.15, 0.2) is 0 Å². The molecule has 0 bridgehead atoms. The number of hydrogen-bond donors (Lipinski definition) is 1. The van der Waals surface area contributed by atoms with Gasteiger partial charge in [-0.15, -0.1) is 0 Å². The Hall–Kier alpha value is -0.620. The Morgan fingerprint density at radius 2 is 1.90 bits per heavy atom. The maximum absolute atomic E-state index is 12.5. The Labute approximate surface area is 123 Å². The van der Waals surface area contributed by atoms with E-state index in [1.54, 1.807) is 18.7 Å². The van der Waals surface area contributed by atoms with Crippen LogP contribution in [0.25, 0.3) is 0 Å². The molecule has 1 saturated heterocycles. The Morgan fingerprint density at radius 3 is 2.30 bits per heavy atom. The lowest BCUT2D eigenvalue weighted by Crippen LogP contribution is -2.48. The summed E-state index contributed by atoms with van der Waals surface area (Å²) in [5.74, 6) is 0.457.